The van der Waals surface area contributed by atoms with Crippen LogP contribution in [0, 0.1) is 0 Å². The van der Waals surface area contributed by atoms with Gasteiger partial charge < -0.3 is 10.2 Å². The molecule has 0 saturated carbocycles. The van der Waals surface area contributed by atoms with Gasteiger partial charge in [-0.15, -0.1) is 11.8 Å². The summed E-state index contributed by atoms with van der Waals surface area (Å²) in [6.45, 7) is 2.37. The Morgan fingerprint density at radius 2 is 1.88 bits per heavy atom. The molecule has 1 heterocycles. The second-order valence-corrected chi connectivity index (χ2v) is 6.77. The Bertz CT molecular complexity index is 733. The van der Waals surface area contributed by atoms with Gasteiger partial charge >= 0.3 is 0 Å². The molecule has 0 aromatic heterocycles. The van der Waals surface area contributed by atoms with Gasteiger partial charge in [0.15, 0.2) is 0 Å². The number of hydrogen-bond acceptors (Lipinski definition) is 3. The lowest BCUT2D eigenvalue weighted by molar-refractivity contribution is -0.121. The predicted octanol–water partition coefficient (Wildman–Crippen LogP) is 3.39. The van der Waals surface area contributed by atoms with Crippen LogP contribution in [-0.2, 0) is 9.59 Å². The molecular formula is C19H20N2O2S. The summed E-state index contributed by atoms with van der Waals surface area (Å²) in [5.41, 5.74) is 1.98. The van der Waals surface area contributed by atoms with Gasteiger partial charge in [-0.05, 0) is 24.6 Å². The number of anilines is 1. The molecular weight excluding hydrogens is 320 g/mol. The maximum absolute atomic E-state index is 12.2. The average Bonchev–Trinajstić information content (AvgIpc) is 2.61. The van der Waals surface area contributed by atoms with Gasteiger partial charge in [0.25, 0.3) is 0 Å². The Hall–Kier alpha value is -2.27. The lowest BCUT2D eigenvalue weighted by Crippen LogP contribution is -2.38. The molecule has 0 fully saturated rings. The first-order valence-electron chi connectivity index (χ1n) is 8.01. The van der Waals surface area contributed by atoms with Gasteiger partial charge in [0.2, 0.25) is 11.8 Å². The van der Waals surface area contributed by atoms with E-state index in [1.807, 2.05) is 61.5 Å². The number of fused-ring (bicyclic) bond motifs is 1. The van der Waals surface area contributed by atoms with Gasteiger partial charge in [-0.1, -0.05) is 42.5 Å². The fraction of sp³-hybridized carbons (Fsp3) is 0.263. The number of nitrogens with zero attached hydrogens (tertiary/aromatic N) is 1. The predicted molar refractivity (Wildman–Crippen MR) is 97.1 cm³/mol. The summed E-state index contributed by atoms with van der Waals surface area (Å²) >= 11 is 1.55. The van der Waals surface area contributed by atoms with E-state index in [-0.39, 0.29) is 17.9 Å². The summed E-state index contributed by atoms with van der Waals surface area (Å²) in [5, 5.41) is 2.99. The van der Waals surface area contributed by atoms with Crippen molar-refractivity contribution >= 4 is 29.3 Å². The molecule has 0 spiro atoms. The molecule has 2 aromatic carbocycles. The van der Waals surface area contributed by atoms with E-state index in [1.165, 1.54) is 0 Å². The molecule has 1 aliphatic rings. The number of carbonyl (C=O) groups is 2. The van der Waals surface area contributed by atoms with Crippen molar-refractivity contribution in [2.45, 2.75) is 24.3 Å². The van der Waals surface area contributed by atoms with Crippen LogP contribution in [0.15, 0.2) is 59.5 Å². The maximum atomic E-state index is 12.2. The van der Waals surface area contributed by atoms with E-state index >= 15 is 0 Å². The number of thioether (sulfide) groups is 1. The summed E-state index contributed by atoms with van der Waals surface area (Å²) in [7, 11) is 0. The van der Waals surface area contributed by atoms with E-state index in [9.17, 15) is 9.59 Å². The second kappa shape index (κ2) is 7.53. The molecule has 1 aliphatic heterocycles. The maximum Gasteiger partial charge on any atom is 0.237 e. The Labute approximate surface area is 146 Å². The van der Waals surface area contributed by atoms with Crippen molar-refractivity contribution in [1.82, 2.24) is 5.32 Å². The zero-order valence-corrected chi connectivity index (χ0v) is 14.4. The standard InChI is InChI=1S/C19H20N2O2S/c1-14(15-7-3-2-4-8-15)20-18(22)11-12-21-16-9-5-6-10-17(16)24-13-19(21)23/h2-10,14H,11-13H2,1H3,(H,20,22). The molecule has 124 valence electrons. The minimum absolute atomic E-state index is 0.0430. The van der Waals surface area contributed by atoms with Crippen LogP contribution in [-0.4, -0.2) is 24.1 Å². The van der Waals surface area contributed by atoms with E-state index in [0.29, 0.717) is 18.7 Å². The molecule has 24 heavy (non-hydrogen) atoms. The number of carbonyl (C=O) groups excluding carboxylic acids is 2. The van der Waals surface area contributed by atoms with E-state index < -0.39 is 0 Å². The SMILES string of the molecule is CC(NC(=O)CCN1C(=O)CSc2ccccc21)c1ccccc1. The molecule has 0 radical (unpaired) electrons. The number of benzene rings is 2. The van der Waals surface area contributed by atoms with Crippen molar-refractivity contribution in [3.63, 3.8) is 0 Å². The second-order valence-electron chi connectivity index (χ2n) is 5.75. The Balaban J connectivity index is 1.59. The van der Waals surface area contributed by atoms with Gasteiger partial charge in [-0.25, -0.2) is 0 Å². The summed E-state index contributed by atoms with van der Waals surface area (Å²) in [4.78, 5) is 27.2. The summed E-state index contributed by atoms with van der Waals surface area (Å²) < 4.78 is 0. The molecule has 2 amide bonds. The fourth-order valence-electron chi connectivity index (χ4n) is 2.75. The first-order chi connectivity index (χ1) is 11.6. The zero-order valence-electron chi connectivity index (χ0n) is 13.6. The highest BCUT2D eigenvalue weighted by molar-refractivity contribution is 8.00. The smallest absolute Gasteiger partial charge is 0.237 e. The van der Waals surface area contributed by atoms with Gasteiger partial charge in [0.05, 0.1) is 17.5 Å². The molecule has 0 aliphatic carbocycles. The minimum Gasteiger partial charge on any atom is -0.350 e. The molecule has 2 aromatic rings. The molecule has 4 nitrogen and oxygen atoms in total. The third-order valence-corrected chi connectivity index (χ3v) is 5.10. The molecule has 0 saturated heterocycles. The number of nitrogens with one attached hydrogen (secondary N) is 1. The summed E-state index contributed by atoms with van der Waals surface area (Å²) in [6, 6.07) is 17.6. The third-order valence-electron chi connectivity index (χ3n) is 4.05. The van der Waals surface area contributed by atoms with E-state index in [4.69, 9.17) is 0 Å². The molecule has 1 atom stereocenters. The highest BCUT2D eigenvalue weighted by Gasteiger charge is 2.24. The van der Waals surface area contributed by atoms with Gasteiger partial charge in [-0.2, -0.15) is 0 Å². The van der Waals surface area contributed by atoms with E-state index in [1.54, 1.807) is 16.7 Å². The van der Waals surface area contributed by atoms with Crippen molar-refractivity contribution in [1.29, 1.82) is 0 Å². The van der Waals surface area contributed by atoms with Crippen LogP contribution in [0.3, 0.4) is 0 Å². The van der Waals surface area contributed by atoms with Crippen LogP contribution in [0.5, 0.6) is 0 Å². The van der Waals surface area contributed by atoms with Gasteiger partial charge in [0.1, 0.15) is 0 Å². The lowest BCUT2D eigenvalue weighted by atomic mass is 10.1. The highest BCUT2D eigenvalue weighted by atomic mass is 32.2. The quantitative estimate of drug-likeness (QED) is 0.908. The van der Waals surface area contributed by atoms with E-state index in [0.717, 1.165) is 16.1 Å². The topological polar surface area (TPSA) is 49.4 Å². The van der Waals surface area contributed by atoms with Crippen LogP contribution in [0.2, 0.25) is 0 Å². The molecule has 3 rings (SSSR count). The first-order valence-corrected chi connectivity index (χ1v) is 9.00. The largest absolute Gasteiger partial charge is 0.350 e. The van der Waals surface area contributed by atoms with Gasteiger partial charge in [0, 0.05) is 17.9 Å². The van der Waals surface area contributed by atoms with Crippen LogP contribution in [0.25, 0.3) is 0 Å². The van der Waals surface area contributed by atoms with Crippen LogP contribution < -0.4 is 10.2 Å². The van der Waals surface area contributed by atoms with Crippen molar-refractivity contribution in [3.8, 4) is 0 Å². The zero-order chi connectivity index (χ0) is 16.9. The lowest BCUT2D eigenvalue weighted by Gasteiger charge is -2.28. The van der Waals surface area contributed by atoms with Crippen LogP contribution in [0.1, 0.15) is 24.9 Å². The number of para-hydroxylation sites is 1. The number of rotatable bonds is 5. The first kappa shape index (κ1) is 16.6. The Morgan fingerprint density at radius 3 is 2.67 bits per heavy atom. The molecule has 5 heteroatoms. The van der Waals surface area contributed by atoms with Crippen LogP contribution in [0.4, 0.5) is 5.69 Å². The fourth-order valence-corrected chi connectivity index (χ4v) is 3.69. The van der Waals surface area contributed by atoms with Crippen molar-refractivity contribution in [2.24, 2.45) is 0 Å². The molecule has 1 unspecified atom stereocenters. The Morgan fingerprint density at radius 1 is 1.17 bits per heavy atom. The van der Waals surface area contributed by atoms with Crippen molar-refractivity contribution in [3.05, 3.63) is 60.2 Å². The monoisotopic (exact) mass is 340 g/mol. The Kier molecular flexibility index (Phi) is 5.20. The minimum atomic E-state index is -0.0464. The summed E-state index contributed by atoms with van der Waals surface area (Å²) in [6.07, 6.45) is 0.294. The molecule has 0 bridgehead atoms. The third kappa shape index (κ3) is 3.79. The number of hydrogen-bond donors (Lipinski definition) is 1. The van der Waals surface area contributed by atoms with E-state index in [2.05, 4.69) is 5.32 Å². The summed E-state index contributed by atoms with van der Waals surface area (Å²) in [5.74, 6) is 0.441. The average molecular weight is 340 g/mol. The van der Waals surface area contributed by atoms with Crippen molar-refractivity contribution < 1.29 is 9.59 Å². The highest BCUT2D eigenvalue weighted by Crippen LogP contribution is 2.34. The normalized spacial score (nSPS) is 14.9. The van der Waals surface area contributed by atoms with Gasteiger partial charge in [-0.3, -0.25) is 9.59 Å². The van der Waals surface area contributed by atoms with Crippen molar-refractivity contribution in [2.75, 3.05) is 17.2 Å². The van der Waals surface area contributed by atoms with Crippen LogP contribution >= 0.6 is 11.8 Å². The molecule has 1 N–H and O–H groups in total. The number of amides is 2.